The van der Waals surface area contributed by atoms with E-state index in [1.165, 1.54) is 14.2 Å². The van der Waals surface area contributed by atoms with Gasteiger partial charge in [-0.1, -0.05) is 59.6 Å². The van der Waals surface area contributed by atoms with Crippen LogP contribution in [0.3, 0.4) is 0 Å². The number of rotatable bonds is 10. The molecule has 7 rings (SSSR count). The molecule has 316 valence electrons. The Hall–Kier alpha value is -5.66. The number of H-pyrrole nitrogens is 2. The second kappa shape index (κ2) is 17.9. The Morgan fingerprint density at radius 3 is 1.87 bits per heavy atom. The van der Waals surface area contributed by atoms with E-state index in [-0.39, 0.29) is 41.7 Å². The topological polar surface area (TPSA) is 175 Å². The van der Waals surface area contributed by atoms with E-state index in [1.807, 2.05) is 44.7 Å². The maximum Gasteiger partial charge on any atom is 0.407 e. The van der Waals surface area contributed by atoms with Gasteiger partial charge in [0.05, 0.1) is 38.0 Å². The molecule has 2 fully saturated rings. The summed E-state index contributed by atoms with van der Waals surface area (Å²) in [6, 6.07) is 12.7. The summed E-state index contributed by atoms with van der Waals surface area (Å²) in [6.45, 7) is 13.0. The van der Waals surface area contributed by atoms with Gasteiger partial charge in [0.25, 0.3) is 0 Å². The molecule has 2 aliphatic rings. The average molecular weight is 853 g/mol. The Bertz CT molecular complexity index is 2390. The van der Waals surface area contributed by atoms with E-state index in [2.05, 4.69) is 81.6 Å². The minimum Gasteiger partial charge on any atom is -0.453 e. The van der Waals surface area contributed by atoms with Crippen LogP contribution in [0.4, 0.5) is 9.59 Å². The van der Waals surface area contributed by atoms with Crippen LogP contribution in [0.5, 0.6) is 0 Å². The summed E-state index contributed by atoms with van der Waals surface area (Å²) >= 11 is 3.33. The molecule has 0 saturated carbocycles. The van der Waals surface area contributed by atoms with Gasteiger partial charge < -0.3 is 39.9 Å². The number of aromatic amines is 2. The minimum atomic E-state index is -0.706. The fraction of sp³-hybridized carbons (Fsp3) is 0.455. The molecule has 6 heterocycles. The number of carbonyl (C=O) groups is 4. The fourth-order valence-corrected chi connectivity index (χ4v) is 10.1. The number of benzene rings is 1. The summed E-state index contributed by atoms with van der Waals surface area (Å²) in [6.07, 6.45) is 1.98. The van der Waals surface area contributed by atoms with Gasteiger partial charge in [-0.25, -0.2) is 19.6 Å². The van der Waals surface area contributed by atoms with Crippen LogP contribution in [0.15, 0.2) is 48.7 Å². The van der Waals surface area contributed by atoms with Crippen molar-refractivity contribution in [2.45, 2.75) is 78.6 Å². The largest absolute Gasteiger partial charge is 0.453 e. The molecule has 5 aromatic rings. The van der Waals surface area contributed by atoms with E-state index in [0.29, 0.717) is 30.5 Å². The number of amides is 4. The van der Waals surface area contributed by atoms with Crippen molar-refractivity contribution in [1.29, 1.82) is 0 Å². The monoisotopic (exact) mass is 852 g/mol. The first-order valence-corrected chi connectivity index (χ1v) is 21.9. The van der Waals surface area contributed by atoms with Crippen molar-refractivity contribution in [2.24, 2.45) is 23.7 Å². The van der Waals surface area contributed by atoms with Gasteiger partial charge in [-0.05, 0) is 78.3 Å². The van der Waals surface area contributed by atoms with Crippen LogP contribution in [0.2, 0.25) is 0 Å². The normalized spacial score (nSPS) is 20.0. The Labute approximate surface area is 357 Å². The zero-order valence-corrected chi connectivity index (χ0v) is 36.8. The zero-order chi connectivity index (χ0) is 42.8. The maximum atomic E-state index is 13.7. The lowest BCUT2D eigenvalue weighted by atomic mass is 10.0. The summed E-state index contributed by atoms with van der Waals surface area (Å²) in [5.41, 5.74) is 3.54. The molecule has 6 atom stereocenters. The molecular formula is C44H52N8O6S2. The summed E-state index contributed by atoms with van der Waals surface area (Å²) in [7, 11) is 2.58. The van der Waals surface area contributed by atoms with E-state index in [0.717, 1.165) is 54.8 Å². The van der Waals surface area contributed by atoms with Crippen molar-refractivity contribution < 1.29 is 28.7 Å². The van der Waals surface area contributed by atoms with Gasteiger partial charge in [-0.3, -0.25) is 9.59 Å². The van der Waals surface area contributed by atoms with Crippen LogP contribution in [0.25, 0.3) is 30.5 Å². The quantitative estimate of drug-likeness (QED) is 0.103. The standard InChI is InChI=1S/C44H52N8O6S2/c1-23(2)36(48-43(55)57-7)41(53)51-21-25(5)17-31(51)38-45-20-29(46-38)14-11-27-9-12-28(13-10-27)33-15-16-34(59-33)35-19-30-40(60-35)50-39(47-30)32-18-26(6)22-52(32)42(54)37(24(3)4)49-44(56)58-8/h9-10,12-13,15-16,19-20,23-26,31-32,36-37H,17-18,21-22H2,1-8H3,(H,45,46)(H,47,50)(H,48,55)(H,49,56)/t25-,26-,31-,32-,36-,37-/m0/s1. The van der Waals surface area contributed by atoms with Gasteiger partial charge in [0.2, 0.25) is 11.8 Å². The van der Waals surface area contributed by atoms with E-state index in [4.69, 9.17) is 14.5 Å². The number of nitrogens with one attached hydrogen (secondary N) is 4. The predicted octanol–water partition coefficient (Wildman–Crippen LogP) is 7.72. The Balaban J connectivity index is 1.00. The van der Waals surface area contributed by atoms with Crippen molar-refractivity contribution in [1.82, 2.24) is 40.4 Å². The SMILES string of the molecule is COC(=O)N[C@H](C(=O)N1C[C@@H](C)C[C@H]1c1ncc(C#Cc2ccc(-c3ccc(-c4cc5[nH]c([C@@H]6C[C@H](C)CN6C(=O)[C@@H](NC(=O)OC)C(C)C)nc5s4)s3)cc2)[nH]1)C(C)C. The Morgan fingerprint density at radius 1 is 0.750 bits per heavy atom. The molecule has 0 radical (unpaired) electrons. The van der Waals surface area contributed by atoms with Crippen molar-refractivity contribution in [3.05, 3.63) is 71.6 Å². The number of methoxy groups -OCH3 is 2. The highest BCUT2D eigenvalue weighted by molar-refractivity contribution is 7.26. The van der Waals surface area contributed by atoms with Crippen LogP contribution in [-0.2, 0) is 19.1 Å². The molecule has 0 aliphatic carbocycles. The van der Waals surface area contributed by atoms with Crippen molar-refractivity contribution in [2.75, 3.05) is 27.3 Å². The highest BCUT2D eigenvalue weighted by Gasteiger charge is 2.41. The number of hydrogen-bond donors (Lipinski definition) is 4. The number of fused-ring (bicyclic) bond motifs is 1. The molecule has 16 heteroatoms. The van der Waals surface area contributed by atoms with E-state index < -0.39 is 24.3 Å². The molecular weight excluding hydrogens is 801 g/mol. The van der Waals surface area contributed by atoms with Gasteiger partial charge in [0.1, 0.15) is 34.3 Å². The highest BCUT2D eigenvalue weighted by Crippen LogP contribution is 2.42. The van der Waals surface area contributed by atoms with E-state index in [1.54, 1.807) is 33.8 Å². The van der Waals surface area contributed by atoms with Crippen molar-refractivity contribution in [3.63, 3.8) is 0 Å². The van der Waals surface area contributed by atoms with Gasteiger partial charge in [-0.2, -0.15) is 0 Å². The first kappa shape index (κ1) is 42.5. The first-order chi connectivity index (χ1) is 28.7. The molecule has 4 aromatic heterocycles. The summed E-state index contributed by atoms with van der Waals surface area (Å²) in [5, 5.41) is 5.42. The van der Waals surface area contributed by atoms with Gasteiger partial charge in [0, 0.05) is 33.3 Å². The second-order valence-corrected chi connectivity index (χ2v) is 18.6. The van der Waals surface area contributed by atoms with Crippen LogP contribution in [-0.4, -0.2) is 93.1 Å². The highest BCUT2D eigenvalue weighted by atomic mass is 32.1. The van der Waals surface area contributed by atoms with Crippen LogP contribution < -0.4 is 10.6 Å². The smallest absolute Gasteiger partial charge is 0.407 e. The molecule has 2 saturated heterocycles. The number of alkyl carbamates (subject to hydrolysis) is 2. The molecule has 0 spiro atoms. The Kier molecular flexibility index (Phi) is 12.7. The minimum absolute atomic E-state index is 0.107. The number of carbonyl (C=O) groups excluding carboxylic acids is 4. The first-order valence-electron chi connectivity index (χ1n) is 20.3. The molecule has 14 nitrogen and oxygen atoms in total. The summed E-state index contributed by atoms with van der Waals surface area (Å²) < 4.78 is 9.55. The number of aromatic nitrogens is 4. The average Bonchev–Trinajstić information content (AvgIpc) is 4.08. The van der Waals surface area contributed by atoms with Gasteiger partial charge >= 0.3 is 12.2 Å². The fourth-order valence-electron chi connectivity index (χ4n) is 8.01. The third-order valence-electron chi connectivity index (χ3n) is 11.2. The lowest BCUT2D eigenvalue weighted by Gasteiger charge is -2.30. The number of thiophene rings is 2. The molecule has 4 amide bonds. The van der Waals surface area contributed by atoms with E-state index >= 15 is 0 Å². The number of imidazole rings is 2. The molecule has 1 aromatic carbocycles. The van der Waals surface area contributed by atoms with Crippen LogP contribution in [0, 0.1) is 35.5 Å². The molecule has 0 unspecified atom stereocenters. The van der Waals surface area contributed by atoms with Gasteiger partial charge in [-0.15, -0.1) is 22.7 Å². The van der Waals surface area contributed by atoms with Crippen molar-refractivity contribution in [3.8, 4) is 32.0 Å². The second-order valence-electron chi connectivity index (χ2n) is 16.5. The summed E-state index contributed by atoms with van der Waals surface area (Å²) in [5.74, 6) is 7.91. The number of ether oxygens (including phenoxy) is 2. The van der Waals surface area contributed by atoms with Crippen LogP contribution in [0.1, 0.15) is 89.4 Å². The zero-order valence-electron chi connectivity index (χ0n) is 35.1. The number of likely N-dealkylation sites (tertiary alicyclic amines) is 2. The summed E-state index contributed by atoms with van der Waals surface area (Å²) in [4.78, 5) is 75.7. The molecule has 60 heavy (non-hydrogen) atoms. The van der Waals surface area contributed by atoms with Gasteiger partial charge in [0.15, 0.2) is 0 Å². The molecule has 2 aliphatic heterocycles. The van der Waals surface area contributed by atoms with Crippen LogP contribution >= 0.6 is 22.7 Å². The Morgan fingerprint density at radius 2 is 1.32 bits per heavy atom. The molecule has 4 N–H and O–H groups in total. The van der Waals surface area contributed by atoms with Crippen molar-refractivity contribution >= 4 is 57.0 Å². The number of nitrogens with zero attached hydrogens (tertiary/aromatic N) is 4. The lowest BCUT2D eigenvalue weighted by Crippen LogP contribution is -2.51. The third-order valence-corrected chi connectivity index (χ3v) is 13.5. The maximum absolute atomic E-state index is 13.7. The number of hydrogen-bond acceptors (Lipinski definition) is 10. The molecule has 0 bridgehead atoms. The predicted molar refractivity (Wildman–Crippen MR) is 232 cm³/mol. The lowest BCUT2D eigenvalue weighted by molar-refractivity contribution is -0.136. The third kappa shape index (κ3) is 9.07. The van der Waals surface area contributed by atoms with E-state index in [9.17, 15) is 19.2 Å².